The van der Waals surface area contributed by atoms with Gasteiger partial charge >= 0.3 is 12.1 Å². The molecule has 12 heteroatoms. The van der Waals surface area contributed by atoms with Crippen LogP contribution in [-0.4, -0.2) is 37.4 Å². The lowest BCUT2D eigenvalue weighted by Gasteiger charge is -2.24. The van der Waals surface area contributed by atoms with Crippen molar-refractivity contribution < 1.29 is 41.7 Å². The molecule has 0 aromatic carbocycles. The largest absolute Gasteiger partial charge is 0.476 e. The van der Waals surface area contributed by atoms with E-state index in [4.69, 9.17) is 4.74 Å². The van der Waals surface area contributed by atoms with E-state index in [1.807, 2.05) is 0 Å². The second kappa shape index (κ2) is 7.58. The number of aliphatic hydroxyl groups is 1. The van der Waals surface area contributed by atoms with Crippen LogP contribution in [0.5, 0.6) is 11.6 Å². The maximum absolute atomic E-state index is 13.6. The number of hydrogen-bond acceptors (Lipinski definition) is 5. The smallest absolute Gasteiger partial charge is 0.420 e. The Morgan fingerprint density at radius 1 is 1.21 bits per heavy atom. The number of halogens is 5. The van der Waals surface area contributed by atoms with Gasteiger partial charge in [-0.25, -0.2) is 18.3 Å². The minimum atomic E-state index is -5.17. The van der Waals surface area contributed by atoms with Crippen molar-refractivity contribution in [2.24, 2.45) is 0 Å². The van der Waals surface area contributed by atoms with Gasteiger partial charge in [-0.05, 0) is 27.7 Å². The first-order valence-corrected chi connectivity index (χ1v) is 8.18. The van der Waals surface area contributed by atoms with Crippen molar-refractivity contribution in [1.82, 2.24) is 14.8 Å². The molecule has 0 bridgehead atoms. The maximum Gasteiger partial charge on any atom is 0.420 e. The molecule has 1 unspecified atom stereocenters. The van der Waals surface area contributed by atoms with Crippen LogP contribution in [0.15, 0.2) is 12.4 Å². The molecule has 0 saturated heterocycles. The Morgan fingerprint density at radius 3 is 2.24 bits per heavy atom. The highest BCUT2D eigenvalue weighted by Gasteiger charge is 2.41. The van der Waals surface area contributed by atoms with Crippen LogP contribution in [0.3, 0.4) is 0 Å². The van der Waals surface area contributed by atoms with Crippen molar-refractivity contribution >= 4 is 5.97 Å². The molecule has 2 aromatic rings. The number of alkyl halides is 5. The standard InChI is InChI=1S/C17H18F5N3O4/c1-7-11(15(27)28)24-25(16(2,3)4)14(7)29-9-6-23-5-8(12(26)13(18)19)10(9)17(20,21)22/h5-6,12-13,26H,1-4H3,(H,27,28). The van der Waals surface area contributed by atoms with E-state index in [9.17, 15) is 37.0 Å². The summed E-state index contributed by atoms with van der Waals surface area (Å²) in [7, 11) is 0. The fourth-order valence-corrected chi connectivity index (χ4v) is 2.56. The van der Waals surface area contributed by atoms with Crippen LogP contribution in [-0.2, 0) is 11.7 Å². The number of carboxylic acids is 1. The SMILES string of the molecule is Cc1c(C(=O)O)nn(C(C)(C)C)c1Oc1cncc(C(O)C(F)F)c1C(F)(F)F. The molecule has 29 heavy (non-hydrogen) atoms. The molecule has 160 valence electrons. The predicted octanol–water partition coefficient (Wildman–Crippen LogP) is 4.15. The number of aliphatic hydroxyl groups excluding tert-OH is 1. The van der Waals surface area contributed by atoms with Crippen LogP contribution in [0.1, 0.15) is 54.1 Å². The second-order valence-electron chi connectivity index (χ2n) is 7.15. The minimum absolute atomic E-state index is 0.0691. The van der Waals surface area contributed by atoms with Gasteiger partial charge in [-0.15, -0.1) is 0 Å². The van der Waals surface area contributed by atoms with Crippen LogP contribution in [0.2, 0.25) is 0 Å². The maximum atomic E-state index is 13.6. The van der Waals surface area contributed by atoms with E-state index in [1.165, 1.54) is 6.92 Å². The first kappa shape index (κ1) is 22.5. The summed E-state index contributed by atoms with van der Waals surface area (Å²) in [4.78, 5) is 14.8. The molecule has 2 N–H and O–H groups in total. The zero-order valence-electron chi connectivity index (χ0n) is 15.8. The zero-order chi connectivity index (χ0) is 22.3. The van der Waals surface area contributed by atoms with Gasteiger partial charge in [0.05, 0.1) is 11.7 Å². The van der Waals surface area contributed by atoms with Gasteiger partial charge in [0.15, 0.2) is 11.4 Å². The van der Waals surface area contributed by atoms with Gasteiger partial charge in [-0.2, -0.15) is 18.3 Å². The number of carbonyl (C=O) groups is 1. The van der Waals surface area contributed by atoms with Crippen LogP contribution >= 0.6 is 0 Å². The van der Waals surface area contributed by atoms with Gasteiger partial charge < -0.3 is 14.9 Å². The number of nitrogens with zero attached hydrogens (tertiary/aromatic N) is 3. The quantitative estimate of drug-likeness (QED) is 0.702. The molecular weight excluding hydrogens is 405 g/mol. The molecule has 0 aliphatic heterocycles. The van der Waals surface area contributed by atoms with Crippen molar-refractivity contribution in [2.45, 2.75) is 51.9 Å². The highest BCUT2D eigenvalue weighted by Crippen LogP contribution is 2.43. The minimum Gasteiger partial charge on any atom is -0.476 e. The number of rotatable bonds is 5. The van der Waals surface area contributed by atoms with E-state index in [2.05, 4.69) is 10.1 Å². The number of hydrogen-bond donors (Lipinski definition) is 2. The monoisotopic (exact) mass is 423 g/mol. The first-order chi connectivity index (χ1) is 13.2. The molecule has 0 amide bonds. The molecule has 0 fully saturated rings. The molecule has 1 atom stereocenters. The van der Waals surface area contributed by atoms with Crippen LogP contribution < -0.4 is 4.74 Å². The third-order valence-corrected chi connectivity index (χ3v) is 3.89. The molecule has 2 rings (SSSR count). The summed E-state index contributed by atoms with van der Waals surface area (Å²) in [5, 5.41) is 22.6. The molecule has 2 aromatic heterocycles. The van der Waals surface area contributed by atoms with Gasteiger partial charge in [0.25, 0.3) is 6.43 Å². The molecule has 0 aliphatic carbocycles. The lowest BCUT2D eigenvalue weighted by atomic mass is 10.0. The van der Waals surface area contributed by atoms with Crippen molar-refractivity contribution in [3.05, 3.63) is 34.8 Å². The molecule has 0 radical (unpaired) electrons. The third kappa shape index (κ3) is 4.47. The Hall–Kier alpha value is -2.76. The summed E-state index contributed by atoms with van der Waals surface area (Å²) < 4.78 is 73.0. The Kier molecular flexibility index (Phi) is 5.89. The van der Waals surface area contributed by atoms with E-state index in [-0.39, 0.29) is 11.4 Å². The Balaban J connectivity index is 2.73. The topological polar surface area (TPSA) is 97.5 Å². The van der Waals surface area contributed by atoms with E-state index in [1.54, 1.807) is 20.8 Å². The fourth-order valence-electron chi connectivity index (χ4n) is 2.56. The normalized spacial score (nSPS) is 13.6. The zero-order valence-corrected chi connectivity index (χ0v) is 15.8. The first-order valence-electron chi connectivity index (χ1n) is 8.18. The average molecular weight is 423 g/mol. The van der Waals surface area contributed by atoms with Gasteiger partial charge in [-0.3, -0.25) is 4.98 Å². The van der Waals surface area contributed by atoms with Gasteiger partial charge in [-0.1, -0.05) is 0 Å². The van der Waals surface area contributed by atoms with Gasteiger partial charge in [0, 0.05) is 17.3 Å². The molecule has 0 spiro atoms. The van der Waals surface area contributed by atoms with Gasteiger partial charge in [0.2, 0.25) is 5.88 Å². The van der Waals surface area contributed by atoms with E-state index >= 15 is 0 Å². The Morgan fingerprint density at radius 2 is 1.79 bits per heavy atom. The third-order valence-electron chi connectivity index (χ3n) is 3.89. The molecular formula is C17H18F5N3O4. The van der Waals surface area contributed by atoms with Crippen LogP contribution in [0.25, 0.3) is 0 Å². The highest BCUT2D eigenvalue weighted by atomic mass is 19.4. The molecule has 2 heterocycles. The molecule has 0 saturated carbocycles. The predicted molar refractivity (Wildman–Crippen MR) is 89.2 cm³/mol. The number of ether oxygens (including phenoxy) is 1. The lowest BCUT2D eigenvalue weighted by Crippen LogP contribution is -2.24. The summed E-state index contributed by atoms with van der Waals surface area (Å²) in [6, 6.07) is 0. The van der Waals surface area contributed by atoms with E-state index in [0.717, 1.165) is 4.68 Å². The summed E-state index contributed by atoms with van der Waals surface area (Å²) in [5.74, 6) is -2.72. The van der Waals surface area contributed by atoms with Gasteiger partial charge in [0.1, 0.15) is 11.7 Å². The Bertz CT molecular complexity index is 919. The van der Waals surface area contributed by atoms with Crippen LogP contribution in [0.4, 0.5) is 22.0 Å². The number of aromatic carboxylic acids is 1. The average Bonchev–Trinajstić information content (AvgIpc) is 2.90. The van der Waals surface area contributed by atoms with Crippen LogP contribution in [0, 0.1) is 6.92 Å². The van der Waals surface area contributed by atoms with Crippen molar-refractivity contribution in [3.63, 3.8) is 0 Å². The number of carboxylic acid groups (broad SMARTS) is 1. The Labute approximate surface area is 161 Å². The molecule has 0 aliphatic rings. The summed E-state index contributed by atoms with van der Waals surface area (Å²) >= 11 is 0. The van der Waals surface area contributed by atoms with Crippen molar-refractivity contribution in [3.8, 4) is 11.6 Å². The molecule has 7 nitrogen and oxygen atoms in total. The summed E-state index contributed by atoms with van der Waals surface area (Å²) in [6.07, 6.45) is -10.3. The van der Waals surface area contributed by atoms with Crippen molar-refractivity contribution in [2.75, 3.05) is 0 Å². The van der Waals surface area contributed by atoms with Crippen molar-refractivity contribution in [1.29, 1.82) is 0 Å². The summed E-state index contributed by atoms with van der Waals surface area (Å²) in [5.41, 5.74) is -4.21. The lowest BCUT2D eigenvalue weighted by molar-refractivity contribution is -0.141. The number of aromatic nitrogens is 3. The van der Waals surface area contributed by atoms with E-state index < -0.39 is 52.8 Å². The second-order valence-corrected chi connectivity index (χ2v) is 7.15. The number of pyridine rings is 1. The van der Waals surface area contributed by atoms with E-state index in [0.29, 0.717) is 12.4 Å². The summed E-state index contributed by atoms with van der Waals surface area (Å²) in [6.45, 7) is 6.11. The highest BCUT2D eigenvalue weighted by molar-refractivity contribution is 5.87. The fraction of sp³-hybridized carbons (Fsp3) is 0.471.